The topological polar surface area (TPSA) is 97.8 Å². The Hall–Kier alpha value is -3.37. The van der Waals surface area contributed by atoms with Crippen molar-refractivity contribution in [3.63, 3.8) is 0 Å². The van der Waals surface area contributed by atoms with Crippen LogP contribution in [0.3, 0.4) is 0 Å². The van der Waals surface area contributed by atoms with Crippen molar-refractivity contribution in [2.75, 3.05) is 31.4 Å². The maximum absolute atomic E-state index is 13.1. The van der Waals surface area contributed by atoms with Crippen LogP contribution in [0, 0.1) is 23.7 Å². The number of rotatable bonds is 9. The molecule has 2 aliphatic carbocycles. The fourth-order valence-electron chi connectivity index (χ4n) is 5.81. The number of carbonyl (C=O) groups is 3. The fraction of sp³-hybridized carbons (Fsp3) is 0.357. The number of ether oxygens (including phenoxy) is 2. The number of allylic oxidation sites excluding steroid dienone is 2. The second kappa shape index (κ2) is 10.1. The largest absolute Gasteiger partial charge is 0.493 e. The van der Waals surface area contributed by atoms with E-state index in [1.54, 1.807) is 20.3 Å². The number of nitrogens with one attached hydrogen (secondary N) is 1. The molecule has 8 nitrogen and oxygen atoms in total. The lowest BCUT2D eigenvalue weighted by molar-refractivity contribution is -0.123. The Kier molecular flexibility index (Phi) is 6.61. The smallest absolute Gasteiger partial charge is 0.238 e. The zero-order valence-corrected chi connectivity index (χ0v) is 22.6. The Balaban J connectivity index is 1.05. The van der Waals surface area contributed by atoms with E-state index in [9.17, 15) is 14.4 Å². The van der Waals surface area contributed by atoms with Crippen LogP contribution in [0.5, 0.6) is 11.5 Å². The average Bonchev–Trinajstić information content (AvgIpc) is 3.70. The van der Waals surface area contributed by atoms with Gasteiger partial charge in [0.1, 0.15) is 0 Å². The van der Waals surface area contributed by atoms with Gasteiger partial charge in [0.2, 0.25) is 17.7 Å². The van der Waals surface area contributed by atoms with Gasteiger partial charge in [-0.05, 0) is 60.6 Å². The molecule has 0 unspecified atom stereocenters. The molecule has 2 heterocycles. The van der Waals surface area contributed by atoms with Crippen molar-refractivity contribution in [1.29, 1.82) is 0 Å². The number of thioether (sulfide) groups is 1. The highest BCUT2D eigenvalue weighted by Gasteiger charge is 2.59. The van der Waals surface area contributed by atoms with Crippen LogP contribution < -0.4 is 19.7 Å². The summed E-state index contributed by atoms with van der Waals surface area (Å²) in [6.45, 7) is 0.509. The van der Waals surface area contributed by atoms with Crippen molar-refractivity contribution in [1.82, 2.24) is 10.3 Å². The lowest BCUT2D eigenvalue weighted by Crippen LogP contribution is -2.32. The van der Waals surface area contributed by atoms with Crippen LogP contribution in [-0.2, 0) is 20.8 Å². The SMILES string of the molecule is COc1ccc(CCNC(=O)CSc2nc3ccc(N4C(=O)[C@@H]5[C@H](C4=O)[C@H]4C=C[C@H]5C4)cc3s2)cc1OC. The van der Waals surface area contributed by atoms with Crippen LogP contribution in [-0.4, -0.2) is 49.2 Å². The first-order chi connectivity index (χ1) is 18.5. The van der Waals surface area contributed by atoms with Crippen molar-refractivity contribution in [2.24, 2.45) is 23.7 Å². The number of thiazole rings is 1. The molecule has 0 spiro atoms. The molecule has 1 aromatic heterocycles. The standard InChI is InChI=1S/C28H27N3O5S2/c1-35-20-8-3-15(11-21(20)36-2)9-10-29-23(32)14-37-28-30-19-7-6-18(13-22(19)38-28)31-26(33)24-16-4-5-17(12-16)25(24)27(31)34/h3-8,11,13,16-17,24-25H,9-10,12,14H2,1-2H3,(H,29,32)/t16-,17-,24-,25+/m0/s1. The highest BCUT2D eigenvalue weighted by atomic mass is 32.2. The zero-order valence-electron chi connectivity index (χ0n) is 21.0. The van der Waals surface area contributed by atoms with Crippen LogP contribution >= 0.6 is 23.1 Å². The van der Waals surface area contributed by atoms with Crippen molar-refractivity contribution < 1.29 is 23.9 Å². The lowest BCUT2D eigenvalue weighted by Gasteiger charge is -2.17. The van der Waals surface area contributed by atoms with Gasteiger partial charge in [-0.1, -0.05) is 30.0 Å². The van der Waals surface area contributed by atoms with Gasteiger partial charge < -0.3 is 14.8 Å². The minimum atomic E-state index is -0.217. The molecule has 1 saturated heterocycles. The van der Waals surface area contributed by atoms with E-state index in [0.717, 1.165) is 26.5 Å². The number of hydrogen-bond acceptors (Lipinski definition) is 8. The maximum atomic E-state index is 13.1. The highest BCUT2D eigenvalue weighted by molar-refractivity contribution is 8.01. The molecule has 4 atom stereocenters. The molecule has 2 fully saturated rings. The van der Waals surface area contributed by atoms with Gasteiger partial charge in [0, 0.05) is 6.54 Å². The number of methoxy groups -OCH3 is 2. The molecular weight excluding hydrogens is 522 g/mol. The van der Waals surface area contributed by atoms with Crippen LogP contribution in [0.15, 0.2) is 52.9 Å². The van der Waals surface area contributed by atoms with E-state index in [2.05, 4.69) is 22.5 Å². The molecule has 0 radical (unpaired) electrons. The Morgan fingerprint density at radius 2 is 1.79 bits per heavy atom. The number of aromatic nitrogens is 1. The number of carbonyl (C=O) groups excluding carboxylic acids is 3. The summed E-state index contributed by atoms with van der Waals surface area (Å²) >= 11 is 2.84. The van der Waals surface area contributed by atoms with Crippen LogP contribution in [0.2, 0.25) is 0 Å². The van der Waals surface area contributed by atoms with Crippen molar-refractivity contribution >= 4 is 56.7 Å². The summed E-state index contributed by atoms with van der Waals surface area (Å²) in [5, 5.41) is 2.95. The molecule has 3 amide bonds. The Morgan fingerprint density at radius 1 is 1.05 bits per heavy atom. The van der Waals surface area contributed by atoms with E-state index in [4.69, 9.17) is 9.47 Å². The third kappa shape index (κ3) is 4.35. The van der Waals surface area contributed by atoms with Gasteiger partial charge in [-0.25, -0.2) is 9.88 Å². The summed E-state index contributed by atoms with van der Waals surface area (Å²) in [5.74, 6) is 1.29. The molecule has 1 N–H and O–H groups in total. The molecule has 10 heteroatoms. The van der Waals surface area contributed by atoms with Gasteiger partial charge in [-0.2, -0.15) is 0 Å². The second-order valence-electron chi connectivity index (χ2n) is 9.72. The molecule has 196 valence electrons. The van der Waals surface area contributed by atoms with Crippen molar-refractivity contribution in [3.05, 3.63) is 54.1 Å². The number of anilines is 1. The number of nitrogens with zero attached hydrogens (tertiary/aromatic N) is 2. The predicted molar refractivity (Wildman–Crippen MR) is 147 cm³/mol. The minimum Gasteiger partial charge on any atom is -0.493 e. The van der Waals surface area contributed by atoms with Crippen LogP contribution in [0.25, 0.3) is 10.2 Å². The molecule has 1 aliphatic heterocycles. The monoisotopic (exact) mass is 549 g/mol. The first-order valence-electron chi connectivity index (χ1n) is 12.5. The lowest BCUT2D eigenvalue weighted by atomic mass is 9.85. The maximum Gasteiger partial charge on any atom is 0.238 e. The fourth-order valence-corrected chi connectivity index (χ4v) is 7.74. The summed E-state index contributed by atoms with van der Waals surface area (Å²) < 4.78 is 12.2. The number of imide groups is 1. The number of benzene rings is 2. The van der Waals surface area contributed by atoms with Crippen molar-refractivity contribution in [2.45, 2.75) is 17.2 Å². The summed E-state index contributed by atoms with van der Waals surface area (Å²) in [6, 6.07) is 11.2. The van der Waals surface area contributed by atoms with Crippen LogP contribution in [0.4, 0.5) is 5.69 Å². The normalized spacial score (nSPS) is 23.4. The molecule has 3 aliphatic rings. The quantitative estimate of drug-likeness (QED) is 0.244. The summed E-state index contributed by atoms with van der Waals surface area (Å²) in [5.41, 5.74) is 2.44. The number of hydrogen-bond donors (Lipinski definition) is 1. The summed E-state index contributed by atoms with van der Waals surface area (Å²) in [4.78, 5) is 44.7. The highest BCUT2D eigenvalue weighted by Crippen LogP contribution is 2.53. The molecule has 6 rings (SSSR count). The molecule has 1 saturated carbocycles. The van der Waals surface area contributed by atoms with E-state index < -0.39 is 0 Å². The Morgan fingerprint density at radius 3 is 2.50 bits per heavy atom. The third-order valence-corrected chi connectivity index (χ3v) is 9.75. The minimum absolute atomic E-state index is 0.0709. The molecule has 2 aromatic carbocycles. The Bertz CT molecular complexity index is 1440. The van der Waals surface area contributed by atoms with E-state index in [-0.39, 0.29) is 47.1 Å². The van der Waals surface area contributed by atoms with Crippen molar-refractivity contribution in [3.8, 4) is 11.5 Å². The van der Waals surface area contributed by atoms with Gasteiger partial charge in [0.05, 0.1) is 47.7 Å². The Labute approximate surface area is 228 Å². The van der Waals surface area contributed by atoms with E-state index in [1.165, 1.54) is 28.0 Å². The zero-order chi connectivity index (χ0) is 26.4. The van der Waals surface area contributed by atoms with E-state index in [0.29, 0.717) is 30.2 Å². The average molecular weight is 550 g/mol. The first-order valence-corrected chi connectivity index (χ1v) is 14.3. The van der Waals surface area contributed by atoms with Gasteiger partial charge >= 0.3 is 0 Å². The van der Waals surface area contributed by atoms with Gasteiger partial charge in [-0.15, -0.1) is 11.3 Å². The predicted octanol–water partition coefficient (Wildman–Crippen LogP) is 4.08. The number of amides is 3. The van der Waals surface area contributed by atoms with E-state index >= 15 is 0 Å². The number of fused-ring (bicyclic) bond motifs is 6. The molecule has 3 aromatic rings. The van der Waals surface area contributed by atoms with Gasteiger partial charge in [0.15, 0.2) is 15.8 Å². The second-order valence-corrected chi connectivity index (χ2v) is 12.0. The molecular formula is C28H27N3O5S2. The molecule has 2 bridgehead atoms. The third-order valence-electron chi connectivity index (χ3n) is 7.59. The summed E-state index contributed by atoms with van der Waals surface area (Å²) in [7, 11) is 3.19. The van der Waals surface area contributed by atoms with Crippen LogP contribution in [0.1, 0.15) is 12.0 Å². The van der Waals surface area contributed by atoms with Gasteiger partial charge in [-0.3, -0.25) is 14.4 Å². The van der Waals surface area contributed by atoms with Gasteiger partial charge in [0.25, 0.3) is 0 Å². The summed E-state index contributed by atoms with van der Waals surface area (Å²) in [6.07, 6.45) is 5.79. The molecule has 38 heavy (non-hydrogen) atoms. The van der Waals surface area contributed by atoms with E-state index in [1.807, 2.05) is 30.3 Å². The first kappa shape index (κ1) is 24.9.